The summed E-state index contributed by atoms with van der Waals surface area (Å²) in [5.41, 5.74) is 5.90. The molecule has 0 saturated heterocycles. The summed E-state index contributed by atoms with van der Waals surface area (Å²) in [7, 11) is -3.15. The molecule has 166 valence electrons. The monoisotopic (exact) mass is 468 g/mol. The molecule has 3 nitrogen and oxygen atoms in total. The van der Waals surface area contributed by atoms with Gasteiger partial charge in [-0.2, -0.15) is 0 Å². The van der Waals surface area contributed by atoms with Crippen molar-refractivity contribution in [2.75, 3.05) is 0 Å². The van der Waals surface area contributed by atoms with Crippen molar-refractivity contribution < 1.29 is 4.57 Å². The molecule has 1 unspecified atom stereocenters. The van der Waals surface area contributed by atoms with E-state index in [0.717, 1.165) is 55.1 Å². The molecule has 0 amide bonds. The molecular weight excluding hydrogens is 447 g/mol. The third-order valence-electron chi connectivity index (χ3n) is 6.81. The zero-order valence-electron chi connectivity index (χ0n) is 18.9. The molecule has 0 spiro atoms. The van der Waals surface area contributed by atoms with Gasteiger partial charge in [0.1, 0.15) is 5.82 Å². The van der Waals surface area contributed by atoms with Gasteiger partial charge in [0, 0.05) is 21.5 Å². The van der Waals surface area contributed by atoms with Crippen LogP contribution in [0.4, 0.5) is 0 Å². The average molecular weight is 468 g/mol. The van der Waals surface area contributed by atoms with E-state index in [9.17, 15) is 0 Å². The lowest BCUT2D eigenvalue weighted by Crippen LogP contribution is -2.33. The fourth-order valence-corrected chi connectivity index (χ4v) is 8.23. The second kappa shape index (κ2) is 7.66. The molecule has 1 aromatic heterocycles. The molecule has 6 aromatic rings. The highest BCUT2D eigenvalue weighted by Gasteiger charge is 2.40. The third kappa shape index (κ3) is 2.92. The number of rotatable bonds is 3. The largest absolute Gasteiger partial charge is 0.308 e. The Bertz CT molecular complexity index is 1760. The molecule has 1 atom stereocenters. The summed E-state index contributed by atoms with van der Waals surface area (Å²) < 4.78 is 17.6. The molecular formula is C31H21N2OP. The lowest BCUT2D eigenvalue weighted by molar-refractivity contribution is 0.592. The molecule has 0 N–H and O–H groups in total. The summed E-state index contributed by atoms with van der Waals surface area (Å²) in [6.45, 7) is 0. The number of para-hydroxylation sites is 1. The van der Waals surface area contributed by atoms with E-state index in [4.69, 9.17) is 4.98 Å². The molecule has 0 bridgehead atoms. The predicted octanol–water partition coefficient (Wildman–Crippen LogP) is 6.31. The van der Waals surface area contributed by atoms with E-state index >= 15 is 4.57 Å². The Morgan fingerprint density at radius 3 is 1.94 bits per heavy atom. The van der Waals surface area contributed by atoms with Gasteiger partial charge in [0.25, 0.3) is 0 Å². The van der Waals surface area contributed by atoms with Crippen molar-refractivity contribution in [1.82, 2.24) is 9.55 Å². The van der Waals surface area contributed by atoms with Crippen LogP contribution in [-0.2, 0) is 4.57 Å². The first-order valence-corrected chi connectivity index (χ1v) is 13.4. The topological polar surface area (TPSA) is 34.9 Å². The maximum atomic E-state index is 15.4. The van der Waals surface area contributed by atoms with Crippen molar-refractivity contribution in [1.29, 1.82) is 0 Å². The normalized spacial score (nSPS) is 16.2. The van der Waals surface area contributed by atoms with Gasteiger partial charge in [-0.3, -0.25) is 4.57 Å². The number of nitrogens with zero attached hydrogens (tertiary/aromatic N) is 2. The van der Waals surface area contributed by atoms with Crippen LogP contribution in [0.15, 0.2) is 127 Å². The van der Waals surface area contributed by atoms with E-state index in [2.05, 4.69) is 47.0 Å². The fraction of sp³-hybridized carbons (Fsp3) is 0. The molecule has 0 fully saturated rings. The van der Waals surface area contributed by atoms with Gasteiger partial charge in [-0.05, 0) is 35.4 Å². The Morgan fingerprint density at radius 1 is 0.571 bits per heavy atom. The van der Waals surface area contributed by atoms with E-state index in [-0.39, 0.29) is 0 Å². The van der Waals surface area contributed by atoms with Crippen molar-refractivity contribution in [3.8, 4) is 28.2 Å². The number of benzene rings is 5. The molecule has 1 aliphatic heterocycles. The quantitative estimate of drug-likeness (QED) is 0.285. The van der Waals surface area contributed by atoms with Gasteiger partial charge in [-0.15, -0.1) is 0 Å². The first-order valence-electron chi connectivity index (χ1n) is 11.7. The summed E-state index contributed by atoms with van der Waals surface area (Å²) in [5.74, 6) is 0.862. The average Bonchev–Trinajstić information content (AvgIpc) is 3.33. The lowest BCUT2D eigenvalue weighted by Gasteiger charge is -2.29. The molecule has 7 rings (SSSR count). The first kappa shape index (κ1) is 20.2. The highest BCUT2D eigenvalue weighted by Crippen LogP contribution is 2.50. The highest BCUT2D eigenvalue weighted by molar-refractivity contribution is 7.86. The van der Waals surface area contributed by atoms with Crippen molar-refractivity contribution in [3.05, 3.63) is 127 Å². The second-order valence-electron chi connectivity index (χ2n) is 8.80. The number of imidazole rings is 1. The minimum absolute atomic E-state index is 0.840. The summed E-state index contributed by atoms with van der Waals surface area (Å²) >= 11 is 0. The Labute approximate surface area is 203 Å². The van der Waals surface area contributed by atoms with Gasteiger partial charge in [-0.25, -0.2) is 4.98 Å². The molecule has 1 aliphatic rings. The molecule has 0 radical (unpaired) electrons. The van der Waals surface area contributed by atoms with Crippen LogP contribution in [0.25, 0.3) is 39.2 Å². The van der Waals surface area contributed by atoms with Crippen LogP contribution in [0.3, 0.4) is 0 Å². The fourth-order valence-electron chi connectivity index (χ4n) is 5.20. The zero-order valence-corrected chi connectivity index (χ0v) is 19.8. The van der Waals surface area contributed by atoms with E-state index in [0.29, 0.717) is 0 Å². The van der Waals surface area contributed by atoms with Crippen LogP contribution in [0, 0.1) is 0 Å². The minimum atomic E-state index is -3.15. The third-order valence-corrected chi connectivity index (χ3v) is 9.91. The van der Waals surface area contributed by atoms with Gasteiger partial charge in [-0.1, -0.05) is 103 Å². The molecule has 2 heterocycles. The van der Waals surface area contributed by atoms with Crippen LogP contribution in [-0.4, -0.2) is 9.55 Å². The molecule has 35 heavy (non-hydrogen) atoms. The lowest BCUT2D eigenvalue weighted by atomic mass is 10.1. The van der Waals surface area contributed by atoms with Crippen molar-refractivity contribution in [3.63, 3.8) is 0 Å². The highest BCUT2D eigenvalue weighted by atomic mass is 31.2. The second-order valence-corrected chi connectivity index (χ2v) is 11.5. The summed E-state index contributed by atoms with van der Waals surface area (Å²) in [6.07, 6.45) is 0. The Balaban J connectivity index is 1.63. The summed E-state index contributed by atoms with van der Waals surface area (Å²) in [4.78, 5) is 5.04. The van der Waals surface area contributed by atoms with Gasteiger partial charge >= 0.3 is 0 Å². The van der Waals surface area contributed by atoms with E-state index in [1.807, 2.05) is 84.9 Å². The van der Waals surface area contributed by atoms with Gasteiger partial charge < -0.3 is 4.57 Å². The summed E-state index contributed by atoms with van der Waals surface area (Å²) in [5, 5.41) is 2.53. The van der Waals surface area contributed by atoms with Crippen LogP contribution < -0.4 is 15.9 Å². The number of hydrogen-bond acceptors (Lipinski definition) is 2. The van der Waals surface area contributed by atoms with Crippen LogP contribution in [0.5, 0.6) is 0 Å². The first-order chi connectivity index (χ1) is 17.2. The van der Waals surface area contributed by atoms with Crippen LogP contribution in [0.2, 0.25) is 0 Å². The Hall–Kier alpha value is -4.20. The zero-order chi connectivity index (χ0) is 23.4. The minimum Gasteiger partial charge on any atom is -0.308 e. The Kier molecular flexibility index (Phi) is 4.42. The van der Waals surface area contributed by atoms with Crippen molar-refractivity contribution in [2.45, 2.75) is 0 Å². The summed E-state index contributed by atoms with van der Waals surface area (Å²) in [6, 6.07) is 42.7. The number of hydrogen-bond donors (Lipinski definition) is 0. The van der Waals surface area contributed by atoms with E-state index < -0.39 is 7.14 Å². The Morgan fingerprint density at radius 2 is 1.23 bits per heavy atom. The number of aromatic nitrogens is 2. The maximum absolute atomic E-state index is 15.4. The predicted molar refractivity (Wildman–Crippen MR) is 145 cm³/mol. The molecule has 0 saturated carbocycles. The van der Waals surface area contributed by atoms with Gasteiger partial charge in [0.05, 0.1) is 16.7 Å². The van der Waals surface area contributed by atoms with E-state index in [1.54, 1.807) is 0 Å². The van der Waals surface area contributed by atoms with Crippen molar-refractivity contribution >= 4 is 34.1 Å². The van der Waals surface area contributed by atoms with Crippen LogP contribution >= 0.6 is 7.14 Å². The number of fused-ring (bicyclic) bond motifs is 2. The van der Waals surface area contributed by atoms with Gasteiger partial charge in [0.2, 0.25) is 0 Å². The molecule has 0 aliphatic carbocycles. The molecule has 4 heteroatoms. The maximum Gasteiger partial charge on any atom is 0.175 e. The van der Waals surface area contributed by atoms with Crippen molar-refractivity contribution in [2.24, 2.45) is 0 Å². The standard InChI is InChI=1S/C31H21N2OP/c34-35(25-15-8-3-9-16-25)28-18-10-17-26-30(28)33(31(32-26)23-13-6-2-7-14-23)27-20-19-24(21-29(27)35)22-11-4-1-5-12-22/h1-21H. The van der Waals surface area contributed by atoms with Gasteiger partial charge in [0.15, 0.2) is 7.14 Å². The smallest absolute Gasteiger partial charge is 0.175 e. The van der Waals surface area contributed by atoms with E-state index in [1.165, 1.54) is 0 Å². The molecule has 5 aromatic carbocycles. The SMILES string of the molecule is O=P1(c2ccccc2)c2cc(-c3ccccc3)ccc2-n2c(-c3ccccc3)nc3cccc1c32. The van der Waals surface area contributed by atoms with Crippen LogP contribution in [0.1, 0.15) is 0 Å².